The Hall–Kier alpha value is -7.21. The number of aromatic nitrogens is 4. The molecule has 0 N–H and O–H groups in total. The molecule has 3 heterocycles. The third kappa shape index (κ3) is 4.58. The van der Waals surface area contributed by atoms with Crippen LogP contribution in [0.1, 0.15) is 22.3 Å². The van der Waals surface area contributed by atoms with Gasteiger partial charge in [-0.05, 0) is 46.0 Å². The minimum atomic E-state index is -0.541. The normalized spacial score (nSPS) is 13.1. The maximum absolute atomic E-state index is 5.47. The fourth-order valence-electron chi connectivity index (χ4n) is 9.41. The van der Waals surface area contributed by atoms with Crippen LogP contribution in [0, 0.1) is 0 Å². The first-order valence-electron chi connectivity index (χ1n) is 19.3. The van der Waals surface area contributed by atoms with Crippen molar-refractivity contribution in [2.24, 2.45) is 0 Å². The molecule has 0 bridgehead atoms. The number of fused-ring (bicyclic) bond motifs is 10. The second kappa shape index (κ2) is 12.4. The van der Waals surface area contributed by atoms with Gasteiger partial charge in [-0.25, -0.2) is 4.98 Å². The van der Waals surface area contributed by atoms with Gasteiger partial charge in [0, 0.05) is 47.6 Å². The molecule has 0 amide bonds. The SMILES string of the molecule is c1ccc(-c2nc(-c3cccc4c3sc3ccccc34)nc(-n3c4ccccc4c4ccc5c(c43)-c3ccccc3C5(c3ccccc3)c3ccccc3)n2)cc1. The van der Waals surface area contributed by atoms with E-state index in [1.54, 1.807) is 11.3 Å². The van der Waals surface area contributed by atoms with Crippen LogP contribution < -0.4 is 0 Å². The van der Waals surface area contributed by atoms with E-state index in [0.717, 1.165) is 32.9 Å². The van der Waals surface area contributed by atoms with Crippen LogP contribution >= 0.6 is 11.3 Å². The summed E-state index contributed by atoms with van der Waals surface area (Å²) >= 11 is 1.79. The van der Waals surface area contributed by atoms with Gasteiger partial charge in [0.15, 0.2) is 11.6 Å². The molecule has 57 heavy (non-hydrogen) atoms. The third-order valence-corrected chi connectivity index (χ3v) is 13.0. The number of benzene rings is 8. The van der Waals surface area contributed by atoms with Crippen molar-refractivity contribution in [3.63, 3.8) is 0 Å². The van der Waals surface area contributed by atoms with E-state index >= 15 is 0 Å². The molecule has 0 saturated carbocycles. The van der Waals surface area contributed by atoms with Crippen LogP contribution in [0.2, 0.25) is 0 Å². The second-order valence-corrected chi connectivity index (χ2v) is 15.7. The smallest absolute Gasteiger partial charge is 0.238 e. The maximum atomic E-state index is 5.47. The zero-order valence-electron chi connectivity index (χ0n) is 30.7. The first-order chi connectivity index (χ1) is 28.3. The Labute approximate surface area is 333 Å². The molecular weight excluding hydrogens is 713 g/mol. The second-order valence-electron chi connectivity index (χ2n) is 14.7. The zero-order chi connectivity index (χ0) is 37.5. The third-order valence-electron chi connectivity index (χ3n) is 11.8. The molecule has 5 heteroatoms. The molecule has 12 rings (SSSR count). The summed E-state index contributed by atoms with van der Waals surface area (Å²) in [7, 11) is 0. The van der Waals surface area contributed by atoms with Crippen molar-refractivity contribution >= 4 is 53.3 Å². The molecule has 266 valence electrons. The van der Waals surface area contributed by atoms with E-state index in [-0.39, 0.29) is 0 Å². The topological polar surface area (TPSA) is 43.6 Å². The summed E-state index contributed by atoms with van der Waals surface area (Å²) in [5, 5.41) is 4.76. The summed E-state index contributed by atoms with van der Waals surface area (Å²) in [6.07, 6.45) is 0. The fourth-order valence-corrected chi connectivity index (χ4v) is 10.6. The minimum Gasteiger partial charge on any atom is -0.277 e. The number of para-hydroxylation sites is 1. The Morgan fingerprint density at radius 2 is 1.04 bits per heavy atom. The first-order valence-corrected chi connectivity index (χ1v) is 20.1. The molecule has 3 aromatic heterocycles. The maximum Gasteiger partial charge on any atom is 0.238 e. The van der Waals surface area contributed by atoms with Gasteiger partial charge in [-0.3, -0.25) is 4.57 Å². The molecule has 0 spiro atoms. The number of thiophene rings is 1. The Kier molecular flexibility index (Phi) is 6.98. The summed E-state index contributed by atoms with van der Waals surface area (Å²) in [5.74, 6) is 1.87. The van der Waals surface area contributed by atoms with Gasteiger partial charge in [-0.1, -0.05) is 176 Å². The fraction of sp³-hybridized carbons (Fsp3) is 0.0192. The van der Waals surface area contributed by atoms with Crippen LogP contribution in [0.25, 0.3) is 81.8 Å². The van der Waals surface area contributed by atoms with Crippen LogP contribution in [-0.4, -0.2) is 19.5 Å². The van der Waals surface area contributed by atoms with Crippen LogP contribution in [0.15, 0.2) is 194 Å². The average Bonchev–Trinajstić information content (AvgIpc) is 3.94. The highest BCUT2D eigenvalue weighted by molar-refractivity contribution is 7.26. The Bertz CT molecular complexity index is 3310. The van der Waals surface area contributed by atoms with Crippen LogP contribution in [-0.2, 0) is 5.41 Å². The Morgan fingerprint density at radius 3 is 1.82 bits per heavy atom. The summed E-state index contributed by atoms with van der Waals surface area (Å²) in [6, 6.07) is 69.6. The van der Waals surface area contributed by atoms with Gasteiger partial charge >= 0.3 is 0 Å². The minimum absolute atomic E-state index is 0.541. The van der Waals surface area contributed by atoms with Gasteiger partial charge in [0.2, 0.25) is 5.95 Å². The molecule has 8 aromatic carbocycles. The molecular formula is C52H32N4S. The zero-order valence-corrected chi connectivity index (χ0v) is 31.5. The lowest BCUT2D eigenvalue weighted by molar-refractivity contribution is 0.769. The molecule has 0 fully saturated rings. The van der Waals surface area contributed by atoms with Crippen LogP contribution in [0.3, 0.4) is 0 Å². The molecule has 0 aliphatic heterocycles. The molecule has 1 aliphatic carbocycles. The molecule has 0 radical (unpaired) electrons. The van der Waals surface area contributed by atoms with Crippen LogP contribution in [0.4, 0.5) is 0 Å². The monoisotopic (exact) mass is 744 g/mol. The summed E-state index contributed by atoms with van der Waals surface area (Å²) in [5.41, 5.74) is 10.9. The van der Waals surface area contributed by atoms with E-state index in [1.165, 1.54) is 53.6 Å². The number of nitrogens with zero attached hydrogens (tertiary/aromatic N) is 4. The van der Waals surface area contributed by atoms with Crippen molar-refractivity contribution in [3.05, 3.63) is 216 Å². The molecule has 0 atom stereocenters. The lowest BCUT2D eigenvalue weighted by atomic mass is 9.67. The quantitative estimate of drug-likeness (QED) is 0.176. The molecule has 11 aromatic rings. The molecule has 4 nitrogen and oxygen atoms in total. The number of hydrogen-bond acceptors (Lipinski definition) is 4. The lowest BCUT2D eigenvalue weighted by Crippen LogP contribution is -2.28. The van der Waals surface area contributed by atoms with Gasteiger partial charge in [0.05, 0.1) is 16.4 Å². The summed E-state index contributed by atoms with van der Waals surface area (Å²) in [4.78, 5) is 16.1. The van der Waals surface area contributed by atoms with E-state index in [0.29, 0.717) is 17.6 Å². The van der Waals surface area contributed by atoms with E-state index < -0.39 is 5.41 Å². The van der Waals surface area contributed by atoms with Crippen molar-refractivity contribution in [3.8, 4) is 39.9 Å². The summed E-state index contributed by atoms with van der Waals surface area (Å²) < 4.78 is 4.71. The highest BCUT2D eigenvalue weighted by Crippen LogP contribution is 2.58. The van der Waals surface area contributed by atoms with Gasteiger partial charge in [-0.2, -0.15) is 9.97 Å². The summed E-state index contributed by atoms with van der Waals surface area (Å²) in [6.45, 7) is 0. The van der Waals surface area contributed by atoms with Gasteiger partial charge in [0.25, 0.3) is 0 Å². The van der Waals surface area contributed by atoms with Gasteiger partial charge < -0.3 is 0 Å². The van der Waals surface area contributed by atoms with Crippen molar-refractivity contribution < 1.29 is 0 Å². The number of hydrogen-bond donors (Lipinski definition) is 0. The van der Waals surface area contributed by atoms with Crippen molar-refractivity contribution in [2.75, 3.05) is 0 Å². The van der Waals surface area contributed by atoms with Crippen molar-refractivity contribution in [2.45, 2.75) is 5.41 Å². The number of rotatable bonds is 5. The highest BCUT2D eigenvalue weighted by atomic mass is 32.1. The van der Waals surface area contributed by atoms with Gasteiger partial charge in [-0.15, -0.1) is 11.3 Å². The van der Waals surface area contributed by atoms with E-state index in [1.807, 2.05) is 18.2 Å². The van der Waals surface area contributed by atoms with Crippen molar-refractivity contribution in [1.82, 2.24) is 19.5 Å². The average molecular weight is 745 g/mol. The predicted octanol–water partition coefficient (Wildman–Crippen LogP) is 13.0. The largest absolute Gasteiger partial charge is 0.277 e. The van der Waals surface area contributed by atoms with Crippen molar-refractivity contribution in [1.29, 1.82) is 0 Å². The first kappa shape index (κ1) is 32.1. The van der Waals surface area contributed by atoms with E-state index in [4.69, 9.17) is 15.0 Å². The highest BCUT2D eigenvalue weighted by Gasteiger charge is 2.47. The predicted molar refractivity (Wildman–Crippen MR) is 235 cm³/mol. The molecule has 1 aliphatic rings. The van der Waals surface area contributed by atoms with E-state index in [2.05, 4.69) is 180 Å². The standard InChI is InChI=1S/C52H32N4S/c1-4-17-33(18-5-1)49-53-50(41-27-16-26-39-37-24-12-15-30-45(37)57-48(39)41)55-51(54-49)56-44-29-14-11-23-36(44)38-31-32-43-46(47(38)56)40-25-10-13-28-42(40)52(43,34-19-6-2-7-20-34)35-21-8-3-9-22-35/h1-32H. The van der Waals surface area contributed by atoms with Crippen LogP contribution in [0.5, 0.6) is 0 Å². The Balaban J connectivity index is 1.22. The lowest BCUT2D eigenvalue weighted by Gasteiger charge is -2.33. The Morgan fingerprint density at radius 1 is 0.421 bits per heavy atom. The molecule has 0 unspecified atom stereocenters. The van der Waals surface area contributed by atoms with E-state index in [9.17, 15) is 0 Å². The van der Waals surface area contributed by atoms with Gasteiger partial charge in [0.1, 0.15) is 0 Å². The molecule has 0 saturated heterocycles.